The summed E-state index contributed by atoms with van der Waals surface area (Å²) >= 11 is 0. The van der Waals surface area contributed by atoms with Crippen molar-refractivity contribution in [2.45, 2.75) is 64.0 Å². The van der Waals surface area contributed by atoms with Crippen LogP contribution in [0, 0.1) is 5.92 Å². The van der Waals surface area contributed by atoms with Crippen LogP contribution in [0.4, 0.5) is 0 Å². The monoisotopic (exact) mass is 278 g/mol. The SMILES string of the molecule is C=CCN1C(=O)C(C)(CC)NC(=O)C1C1CCCCC1. The lowest BCUT2D eigenvalue weighted by molar-refractivity contribution is -0.156. The third-order valence-corrected chi connectivity index (χ3v) is 4.87. The van der Waals surface area contributed by atoms with E-state index in [9.17, 15) is 9.59 Å². The Kier molecular flexibility index (Phi) is 4.51. The number of carbonyl (C=O) groups is 2. The molecule has 112 valence electrons. The van der Waals surface area contributed by atoms with E-state index in [4.69, 9.17) is 0 Å². The third kappa shape index (κ3) is 2.60. The molecule has 0 aromatic rings. The molecule has 4 nitrogen and oxygen atoms in total. The zero-order chi connectivity index (χ0) is 14.8. The molecule has 4 heteroatoms. The van der Waals surface area contributed by atoms with Gasteiger partial charge in [-0.05, 0) is 32.1 Å². The van der Waals surface area contributed by atoms with Gasteiger partial charge in [-0.1, -0.05) is 32.3 Å². The minimum absolute atomic E-state index is 0.0164. The van der Waals surface area contributed by atoms with Crippen molar-refractivity contribution in [3.63, 3.8) is 0 Å². The number of piperazine rings is 1. The first-order valence-electron chi connectivity index (χ1n) is 7.77. The summed E-state index contributed by atoms with van der Waals surface area (Å²) in [4.78, 5) is 27.0. The summed E-state index contributed by atoms with van der Waals surface area (Å²) in [6.45, 7) is 7.96. The second kappa shape index (κ2) is 5.98. The van der Waals surface area contributed by atoms with E-state index in [1.807, 2.05) is 13.8 Å². The predicted molar refractivity (Wildman–Crippen MR) is 79.1 cm³/mol. The molecular formula is C16H26N2O2. The number of amides is 2. The molecule has 1 aliphatic heterocycles. The Balaban J connectivity index is 2.27. The van der Waals surface area contributed by atoms with E-state index in [-0.39, 0.29) is 17.9 Å². The molecule has 1 N–H and O–H groups in total. The fourth-order valence-corrected chi connectivity index (χ4v) is 3.48. The second-order valence-corrected chi connectivity index (χ2v) is 6.26. The van der Waals surface area contributed by atoms with E-state index >= 15 is 0 Å². The lowest BCUT2D eigenvalue weighted by Crippen LogP contribution is -2.70. The molecule has 1 saturated heterocycles. The highest BCUT2D eigenvalue weighted by atomic mass is 16.2. The molecule has 2 atom stereocenters. The Morgan fingerprint density at radius 2 is 2.00 bits per heavy atom. The topological polar surface area (TPSA) is 49.4 Å². The van der Waals surface area contributed by atoms with Crippen molar-refractivity contribution in [1.82, 2.24) is 10.2 Å². The molecule has 2 fully saturated rings. The molecule has 2 rings (SSSR count). The molecule has 0 radical (unpaired) electrons. The molecule has 2 amide bonds. The van der Waals surface area contributed by atoms with Gasteiger partial charge in [-0.3, -0.25) is 9.59 Å². The predicted octanol–water partition coefficient (Wildman–Crippen LogP) is 2.25. The number of hydrogen-bond acceptors (Lipinski definition) is 2. The van der Waals surface area contributed by atoms with Crippen LogP contribution in [0.2, 0.25) is 0 Å². The molecule has 20 heavy (non-hydrogen) atoms. The molecule has 1 heterocycles. The van der Waals surface area contributed by atoms with Gasteiger partial charge in [0.25, 0.3) is 0 Å². The van der Waals surface area contributed by atoms with Gasteiger partial charge in [0.1, 0.15) is 11.6 Å². The van der Waals surface area contributed by atoms with Crippen LogP contribution >= 0.6 is 0 Å². The van der Waals surface area contributed by atoms with Crippen molar-refractivity contribution in [1.29, 1.82) is 0 Å². The molecule has 0 aromatic heterocycles. The van der Waals surface area contributed by atoms with Crippen molar-refractivity contribution in [3.05, 3.63) is 12.7 Å². The lowest BCUT2D eigenvalue weighted by Gasteiger charge is -2.47. The summed E-state index contributed by atoms with van der Waals surface area (Å²) in [5.41, 5.74) is -0.759. The van der Waals surface area contributed by atoms with Crippen molar-refractivity contribution in [2.24, 2.45) is 5.92 Å². The molecular weight excluding hydrogens is 252 g/mol. The number of rotatable bonds is 4. The summed E-state index contributed by atoms with van der Waals surface area (Å²) < 4.78 is 0. The van der Waals surface area contributed by atoms with Crippen LogP contribution in [0.1, 0.15) is 52.4 Å². The minimum atomic E-state index is -0.759. The average molecular weight is 278 g/mol. The van der Waals surface area contributed by atoms with E-state index in [2.05, 4.69) is 11.9 Å². The van der Waals surface area contributed by atoms with E-state index < -0.39 is 5.54 Å². The van der Waals surface area contributed by atoms with Crippen LogP contribution in [-0.2, 0) is 9.59 Å². The summed E-state index contributed by atoms with van der Waals surface area (Å²) in [5.74, 6) is 0.354. The third-order valence-electron chi connectivity index (χ3n) is 4.87. The zero-order valence-electron chi connectivity index (χ0n) is 12.7. The average Bonchev–Trinajstić information content (AvgIpc) is 2.46. The Hall–Kier alpha value is -1.32. The summed E-state index contributed by atoms with van der Waals surface area (Å²) in [5, 5.41) is 2.96. The van der Waals surface area contributed by atoms with Crippen LogP contribution < -0.4 is 5.32 Å². The van der Waals surface area contributed by atoms with Crippen LogP contribution in [-0.4, -0.2) is 34.8 Å². The Morgan fingerprint density at radius 1 is 1.35 bits per heavy atom. The highest BCUT2D eigenvalue weighted by molar-refractivity contribution is 5.99. The number of hydrogen-bond donors (Lipinski definition) is 1. The van der Waals surface area contributed by atoms with Gasteiger partial charge in [0.15, 0.2) is 0 Å². The van der Waals surface area contributed by atoms with Crippen LogP contribution in [0.3, 0.4) is 0 Å². The summed E-state index contributed by atoms with van der Waals surface area (Å²) in [7, 11) is 0. The molecule has 0 aromatic carbocycles. The molecule has 0 spiro atoms. The fourth-order valence-electron chi connectivity index (χ4n) is 3.48. The summed E-state index contributed by atoms with van der Waals surface area (Å²) in [6, 6.07) is -0.305. The minimum Gasteiger partial charge on any atom is -0.340 e. The van der Waals surface area contributed by atoms with Gasteiger partial charge in [-0.2, -0.15) is 0 Å². The molecule has 0 bridgehead atoms. The largest absolute Gasteiger partial charge is 0.340 e. The highest BCUT2D eigenvalue weighted by Crippen LogP contribution is 2.33. The van der Waals surface area contributed by atoms with E-state index in [0.29, 0.717) is 18.9 Å². The maximum atomic E-state index is 12.7. The highest BCUT2D eigenvalue weighted by Gasteiger charge is 2.48. The van der Waals surface area contributed by atoms with Gasteiger partial charge in [0, 0.05) is 6.54 Å². The van der Waals surface area contributed by atoms with Crippen molar-refractivity contribution >= 4 is 11.8 Å². The van der Waals surface area contributed by atoms with Crippen molar-refractivity contribution in [3.8, 4) is 0 Å². The van der Waals surface area contributed by atoms with Crippen LogP contribution in [0.25, 0.3) is 0 Å². The maximum absolute atomic E-state index is 12.7. The van der Waals surface area contributed by atoms with E-state index in [1.165, 1.54) is 6.42 Å². The Morgan fingerprint density at radius 3 is 2.55 bits per heavy atom. The smallest absolute Gasteiger partial charge is 0.248 e. The Labute approximate surface area is 121 Å². The first-order chi connectivity index (χ1) is 9.53. The van der Waals surface area contributed by atoms with E-state index in [0.717, 1.165) is 25.7 Å². The van der Waals surface area contributed by atoms with Gasteiger partial charge in [0.05, 0.1) is 0 Å². The second-order valence-electron chi connectivity index (χ2n) is 6.26. The quantitative estimate of drug-likeness (QED) is 0.802. The van der Waals surface area contributed by atoms with Gasteiger partial charge in [-0.15, -0.1) is 6.58 Å². The molecule has 2 aliphatic rings. The fraction of sp³-hybridized carbons (Fsp3) is 0.750. The van der Waals surface area contributed by atoms with Gasteiger partial charge < -0.3 is 10.2 Å². The zero-order valence-corrected chi connectivity index (χ0v) is 12.7. The number of nitrogens with one attached hydrogen (secondary N) is 1. The Bertz CT molecular complexity index is 401. The molecule has 2 unspecified atom stereocenters. The lowest BCUT2D eigenvalue weighted by atomic mass is 9.80. The van der Waals surface area contributed by atoms with Gasteiger partial charge >= 0.3 is 0 Å². The maximum Gasteiger partial charge on any atom is 0.248 e. The van der Waals surface area contributed by atoms with Crippen molar-refractivity contribution < 1.29 is 9.59 Å². The first kappa shape index (κ1) is 15.1. The van der Waals surface area contributed by atoms with Crippen molar-refractivity contribution in [2.75, 3.05) is 6.54 Å². The summed E-state index contributed by atoms with van der Waals surface area (Å²) in [6.07, 6.45) is 7.99. The van der Waals surface area contributed by atoms with Gasteiger partial charge in [0.2, 0.25) is 11.8 Å². The van der Waals surface area contributed by atoms with Crippen LogP contribution in [0.15, 0.2) is 12.7 Å². The molecule has 1 saturated carbocycles. The standard InChI is InChI=1S/C16H26N2O2/c1-4-11-18-13(12-9-7-6-8-10-12)14(19)17-16(3,5-2)15(18)20/h4,12-13H,1,5-11H2,2-3H3,(H,17,19). The van der Waals surface area contributed by atoms with Crippen LogP contribution in [0.5, 0.6) is 0 Å². The number of carbonyl (C=O) groups excluding carboxylic acids is 2. The van der Waals surface area contributed by atoms with Gasteiger partial charge in [-0.25, -0.2) is 0 Å². The number of nitrogens with zero attached hydrogens (tertiary/aromatic N) is 1. The first-order valence-corrected chi connectivity index (χ1v) is 7.77. The molecule has 1 aliphatic carbocycles. The van der Waals surface area contributed by atoms with E-state index in [1.54, 1.807) is 11.0 Å². The normalized spacial score (nSPS) is 32.1.